The van der Waals surface area contributed by atoms with Gasteiger partial charge in [-0.15, -0.1) is 5.11 Å². The zero-order valence-corrected chi connectivity index (χ0v) is 13.0. The van der Waals surface area contributed by atoms with Crippen molar-refractivity contribution in [2.24, 2.45) is 10.3 Å². The number of rotatable bonds is 5. The number of hydrogen-bond acceptors (Lipinski definition) is 3. The molecule has 1 saturated heterocycles. The van der Waals surface area contributed by atoms with Crippen molar-refractivity contribution >= 4 is 19.0 Å². The van der Waals surface area contributed by atoms with E-state index < -0.39 is 0 Å². The second-order valence-electron chi connectivity index (χ2n) is 5.03. The van der Waals surface area contributed by atoms with Gasteiger partial charge in [-0.05, 0) is 25.1 Å². The minimum atomic E-state index is 0.735. The van der Waals surface area contributed by atoms with E-state index in [1.165, 1.54) is 5.70 Å². The molecule has 0 N–H and O–H groups in total. The van der Waals surface area contributed by atoms with Gasteiger partial charge >= 0.3 is 0 Å². The molecule has 2 radical (unpaired) electrons. The fraction of sp³-hybridized carbons (Fsp3) is 0.294. The second-order valence-corrected chi connectivity index (χ2v) is 5.03. The van der Waals surface area contributed by atoms with Gasteiger partial charge in [0.25, 0.3) is 0 Å². The van der Waals surface area contributed by atoms with Crippen molar-refractivity contribution in [2.75, 3.05) is 26.2 Å². The molecular formula is C17H21BN4. The summed E-state index contributed by atoms with van der Waals surface area (Å²) in [6.45, 7) is 9.34. The van der Waals surface area contributed by atoms with Gasteiger partial charge in [0.15, 0.2) is 0 Å². The van der Waals surface area contributed by atoms with Crippen molar-refractivity contribution < 1.29 is 0 Å². The fourth-order valence-corrected chi connectivity index (χ4v) is 2.25. The summed E-state index contributed by atoms with van der Waals surface area (Å²) in [6.07, 6.45) is 7.95. The molecular weight excluding hydrogens is 271 g/mol. The average molecular weight is 292 g/mol. The lowest BCUT2D eigenvalue weighted by molar-refractivity contribution is 0.158. The highest BCUT2D eigenvalue weighted by molar-refractivity contribution is 6.32. The quantitative estimate of drug-likeness (QED) is 0.475. The third-order valence-electron chi connectivity index (χ3n) is 3.50. The van der Waals surface area contributed by atoms with Crippen LogP contribution in [0.1, 0.15) is 6.92 Å². The minimum Gasteiger partial charge on any atom is -0.368 e. The van der Waals surface area contributed by atoms with Crippen LogP contribution < -0.4 is 5.46 Å². The third-order valence-corrected chi connectivity index (χ3v) is 3.50. The van der Waals surface area contributed by atoms with E-state index in [0.29, 0.717) is 0 Å². The highest BCUT2D eigenvalue weighted by Gasteiger charge is 2.16. The molecule has 0 bridgehead atoms. The number of benzene rings is 1. The van der Waals surface area contributed by atoms with Crippen LogP contribution in [0, 0.1) is 0 Å². The molecule has 1 aromatic carbocycles. The summed E-state index contributed by atoms with van der Waals surface area (Å²) in [4.78, 5) is 2.34. The Labute approximate surface area is 133 Å². The van der Waals surface area contributed by atoms with Crippen LogP contribution in [-0.4, -0.2) is 43.9 Å². The van der Waals surface area contributed by atoms with Crippen molar-refractivity contribution in [3.05, 3.63) is 60.8 Å². The van der Waals surface area contributed by atoms with Gasteiger partial charge in [-0.2, -0.15) is 0 Å². The van der Waals surface area contributed by atoms with E-state index in [1.54, 1.807) is 6.08 Å². The average Bonchev–Trinajstić information content (AvgIpc) is 2.56. The molecule has 0 atom stereocenters. The molecule has 1 fully saturated rings. The van der Waals surface area contributed by atoms with Crippen molar-refractivity contribution in [1.82, 2.24) is 9.91 Å². The number of hydrogen-bond donors (Lipinski definition) is 0. The van der Waals surface area contributed by atoms with Crippen molar-refractivity contribution in [1.29, 1.82) is 0 Å². The van der Waals surface area contributed by atoms with Crippen LogP contribution in [0.3, 0.4) is 0 Å². The summed E-state index contributed by atoms with van der Waals surface area (Å²) in [5.74, 6) is 0. The molecule has 0 aliphatic carbocycles. The zero-order valence-electron chi connectivity index (χ0n) is 13.0. The van der Waals surface area contributed by atoms with E-state index in [-0.39, 0.29) is 0 Å². The molecule has 1 aromatic rings. The second kappa shape index (κ2) is 8.22. The monoisotopic (exact) mass is 292 g/mol. The molecule has 0 spiro atoms. The molecule has 112 valence electrons. The maximum absolute atomic E-state index is 5.65. The number of allylic oxidation sites excluding steroid dienone is 4. The Bertz CT molecular complexity index is 567. The lowest BCUT2D eigenvalue weighted by Gasteiger charge is -2.34. The predicted molar refractivity (Wildman–Crippen MR) is 92.6 cm³/mol. The Balaban J connectivity index is 1.88. The number of nitrogens with zero attached hydrogens (tertiary/aromatic N) is 4. The lowest BCUT2D eigenvalue weighted by Crippen LogP contribution is -2.43. The van der Waals surface area contributed by atoms with Crippen LogP contribution in [0.4, 0.5) is 5.69 Å². The molecule has 22 heavy (non-hydrogen) atoms. The van der Waals surface area contributed by atoms with Crippen LogP contribution >= 0.6 is 0 Å². The third kappa shape index (κ3) is 4.62. The molecule has 1 heterocycles. The van der Waals surface area contributed by atoms with Gasteiger partial charge in [0.05, 0.1) is 18.8 Å². The first-order valence-electron chi connectivity index (χ1n) is 7.45. The van der Waals surface area contributed by atoms with E-state index >= 15 is 0 Å². The van der Waals surface area contributed by atoms with E-state index in [1.807, 2.05) is 35.4 Å². The summed E-state index contributed by atoms with van der Waals surface area (Å²) in [5.41, 5.74) is 2.77. The molecule has 0 aromatic heterocycles. The first-order chi connectivity index (χ1) is 10.7. The summed E-state index contributed by atoms with van der Waals surface area (Å²) in [7, 11) is 5.65. The summed E-state index contributed by atoms with van der Waals surface area (Å²) < 4.78 is 0. The van der Waals surface area contributed by atoms with Crippen LogP contribution in [0.25, 0.3) is 0 Å². The molecule has 0 unspecified atom stereocenters. The molecule has 1 aliphatic heterocycles. The maximum Gasteiger partial charge on any atom is 0.113 e. The van der Waals surface area contributed by atoms with E-state index in [9.17, 15) is 0 Å². The van der Waals surface area contributed by atoms with E-state index in [0.717, 1.165) is 37.3 Å². The topological polar surface area (TPSA) is 31.2 Å². The van der Waals surface area contributed by atoms with Crippen LogP contribution in [0.5, 0.6) is 0 Å². The van der Waals surface area contributed by atoms with Gasteiger partial charge in [0, 0.05) is 18.8 Å². The van der Waals surface area contributed by atoms with Gasteiger partial charge < -0.3 is 4.90 Å². The predicted octanol–water partition coefficient (Wildman–Crippen LogP) is 2.74. The van der Waals surface area contributed by atoms with Gasteiger partial charge in [0.2, 0.25) is 0 Å². The standard InChI is InChI=1S/C17H21BN4/c1-3-5-6-17(4-2)21-11-13-22(14-12-21)20-19-16-9-7-15(18)8-10-16/h3-10H,1,11-14H2,2H3. The molecule has 5 heteroatoms. The Hall–Kier alpha value is -2.30. The highest BCUT2D eigenvalue weighted by atomic mass is 15.6. The van der Waals surface area contributed by atoms with Crippen LogP contribution in [-0.2, 0) is 0 Å². The first kappa shape index (κ1) is 16.1. The van der Waals surface area contributed by atoms with Crippen molar-refractivity contribution in [3.63, 3.8) is 0 Å². The zero-order chi connectivity index (χ0) is 15.8. The Morgan fingerprint density at radius 2 is 1.86 bits per heavy atom. The molecule has 1 aliphatic rings. The summed E-state index contributed by atoms with van der Waals surface area (Å²) in [5, 5.41) is 10.5. The summed E-state index contributed by atoms with van der Waals surface area (Å²) in [6, 6.07) is 7.40. The SMILES string of the molecule is [B]c1ccc(N=NN2CCN(C(C=CC=C)=CC)CC2)cc1. The van der Waals surface area contributed by atoms with Crippen LogP contribution in [0.15, 0.2) is 71.2 Å². The largest absolute Gasteiger partial charge is 0.368 e. The lowest BCUT2D eigenvalue weighted by atomic mass is 9.96. The Morgan fingerprint density at radius 3 is 2.45 bits per heavy atom. The fourth-order valence-electron chi connectivity index (χ4n) is 2.25. The minimum absolute atomic E-state index is 0.735. The molecule has 0 amide bonds. The van der Waals surface area contributed by atoms with E-state index in [2.05, 4.69) is 40.9 Å². The highest BCUT2D eigenvalue weighted by Crippen LogP contribution is 2.14. The molecule has 4 nitrogen and oxygen atoms in total. The molecule has 2 rings (SSSR count). The van der Waals surface area contributed by atoms with Gasteiger partial charge in [-0.1, -0.05) is 47.6 Å². The Kier molecular flexibility index (Phi) is 6.01. The first-order valence-corrected chi connectivity index (χ1v) is 7.45. The molecule has 0 saturated carbocycles. The van der Waals surface area contributed by atoms with Gasteiger partial charge in [0.1, 0.15) is 7.85 Å². The summed E-state index contributed by atoms with van der Waals surface area (Å²) >= 11 is 0. The smallest absolute Gasteiger partial charge is 0.113 e. The maximum atomic E-state index is 5.65. The van der Waals surface area contributed by atoms with Crippen molar-refractivity contribution in [3.8, 4) is 0 Å². The van der Waals surface area contributed by atoms with Crippen LogP contribution in [0.2, 0.25) is 0 Å². The van der Waals surface area contributed by atoms with Crippen molar-refractivity contribution in [2.45, 2.75) is 6.92 Å². The Morgan fingerprint density at radius 1 is 1.18 bits per heavy atom. The van der Waals surface area contributed by atoms with Gasteiger partial charge in [-0.25, -0.2) is 0 Å². The normalized spacial score (nSPS) is 16.7. The number of piperazine rings is 1. The van der Waals surface area contributed by atoms with E-state index in [4.69, 9.17) is 7.85 Å². The van der Waals surface area contributed by atoms with Gasteiger partial charge in [-0.3, -0.25) is 5.01 Å².